The Morgan fingerprint density at radius 3 is 3.12 bits per heavy atom. The Bertz CT molecular complexity index is 147. The molecule has 0 aromatic heterocycles. The van der Waals surface area contributed by atoms with Gasteiger partial charge in [0, 0.05) is 0 Å². The minimum Gasteiger partial charge on any atom is -0.0807 e. The summed E-state index contributed by atoms with van der Waals surface area (Å²) in [6, 6.07) is 0. The van der Waals surface area contributed by atoms with Gasteiger partial charge in [-0.05, 0) is 13.3 Å². The second kappa shape index (κ2) is 2.51. The Morgan fingerprint density at radius 2 is 2.25 bits per heavy atom. The summed E-state index contributed by atoms with van der Waals surface area (Å²) in [4.78, 5) is 0. The fraction of sp³-hybridized carbons (Fsp3) is 0.250. The van der Waals surface area contributed by atoms with Crippen LogP contribution >= 0.6 is 0 Å². The molecule has 0 bridgehead atoms. The monoisotopic (exact) mass is 106 g/mol. The van der Waals surface area contributed by atoms with Gasteiger partial charge in [0.25, 0.3) is 0 Å². The van der Waals surface area contributed by atoms with E-state index < -0.39 is 0 Å². The Morgan fingerprint density at radius 1 is 1.38 bits per heavy atom. The van der Waals surface area contributed by atoms with Crippen molar-refractivity contribution < 1.29 is 0 Å². The van der Waals surface area contributed by atoms with Crippen LogP contribution in [0.2, 0.25) is 0 Å². The van der Waals surface area contributed by atoms with E-state index in [-0.39, 0.29) is 0 Å². The zero-order valence-electron chi connectivity index (χ0n) is 5.09. The highest BCUT2D eigenvalue weighted by molar-refractivity contribution is 5.24. The third-order valence-electron chi connectivity index (χ3n) is 1.15. The van der Waals surface area contributed by atoms with Crippen molar-refractivity contribution in [2.45, 2.75) is 13.3 Å². The molecule has 0 saturated carbocycles. The molecule has 0 nitrogen and oxygen atoms in total. The Kier molecular flexibility index (Phi) is 1.68. The maximum absolute atomic E-state index is 2.16. The van der Waals surface area contributed by atoms with Crippen LogP contribution in [0.25, 0.3) is 0 Å². The zero-order valence-corrected chi connectivity index (χ0v) is 5.09. The van der Waals surface area contributed by atoms with Crippen molar-refractivity contribution in [3.8, 4) is 0 Å². The molecule has 0 fully saturated rings. The van der Waals surface area contributed by atoms with E-state index in [2.05, 4.69) is 37.3 Å². The van der Waals surface area contributed by atoms with E-state index >= 15 is 0 Å². The molecule has 1 aliphatic rings. The first kappa shape index (κ1) is 5.36. The van der Waals surface area contributed by atoms with Crippen molar-refractivity contribution in [2.75, 3.05) is 0 Å². The van der Waals surface area contributed by atoms with Crippen molar-refractivity contribution in [1.29, 1.82) is 0 Å². The van der Waals surface area contributed by atoms with E-state index in [0.29, 0.717) is 0 Å². The van der Waals surface area contributed by atoms with E-state index in [9.17, 15) is 0 Å². The summed E-state index contributed by atoms with van der Waals surface area (Å²) in [5, 5.41) is 0. The highest BCUT2D eigenvalue weighted by Gasteiger charge is 1.80. The summed E-state index contributed by atoms with van der Waals surface area (Å²) in [5.74, 6) is 0. The maximum Gasteiger partial charge on any atom is -0.0163 e. The van der Waals surface area contributed by atoms with E-state index in [1.807, 2.05) is 0 Å². The summed E-state index contributed by atoms with van der Waals surface area (Å²) >= 11 is 0. The molecule has 8 heavy (non-hydrogen) atoms. The maximum atomic E-state index is 2.16. The van der Waals surface area contributed by atoms with Crippen LogP contribution in [0, 0.1) is 0 Å². The van der Waals surface area contributed by atoms with Gasteiger partial charge in [-0.25, -0.2) is 0 Å². The van der Waals surface area contributed by atoms with Gasteiger partial charge in [-0.2, -0.15) is 0 Å². The van der Waals surface area contributed by atoms with Crippen LogP contribution in [0.5, 0.6) is 0 Å². The van der Waals surface area contributed by atoms with Crippen LogP contribution < -0.4 is 0 Å². The average Bonchev–Trinajstić information content (AvgIpc) is 1.94. The number of allylic oxidation sites excluding steroid dienone is 6. The Hall–Kier alpha value is -0.780. The first-order valence-corrected chi connectivity index (χ1v) is 2.89. The molecule has 0 radical (unpaired) electrons. The third-order valence-corrected chi connectivity index (χ3v) is 1.15. The third kappa shape index (κ3) is 1.38. The molecule has 1 aliphatic carbocycles. The lowest BCUT2D eigenvalue weighted by Crippen LogP contribution is -1.60. The van der Waals surface area contributed by atoms with Gasteiger partial charge in [0.1, 0.15) is 0 Å². The molecule has 42 valence electrons. The average molecular weight is 106 g/mol. The summed E-state index contributed by atoms with van der Waals surface area (Å²) in [7, 11) is 0. The highest BCUT2D eigenvalue weighted by atomic mass is 13.9. The molecule has 0 heteroatoms. The Balaban J connectivity index is 2.73. The standard InChI is InChI=1S/C8H10/c1-8-6-4-2-3-5-7-8/h2,4-7H,3H2,1H3. The highest BCUT2D eigenvalue weighted by Crippen LogP contribution is 2.01. The molecule has 1 rings (SSSR count). The number of hydrogen-bond donors (Lipinski definition) is 0. The minimum absolute atomic E-state index is 1.08. The molecule has 0 aromatic rings. The topological polar surface area (TPSA) is 0 Å². The zero-order chi connectivity index (χ0) is 5.82. The van der Waals surface area contributed by atoms with Crippen LogP contribution in [-0.4, -0.2) is 0 Å². The predicted octanol–water partition coefficient (Wildman–Crippen LogP) is 2.45. The second-order valence-electron chi connectivity index (χ2n) is 1.98. The lowest BCUT2D eigenvalue weighted by Gasteiger charge is -1.80. The van der Waals surface area contributed by atoms with Gasteiger partial charge in [0.15, 0.2) is 0 Å². The van der Waals surface area contributed by atoms with E-state index in [1.165, 1.54) is 5.57 Å². The molecule has 0 aliphatic heterocycles. The van der Waals surface area contributed by atoms with Crippen LogP contribution in [0.1, 0.15) is 13.3 Å². The smallest absolute Gasteiger partial charge is 0.0163 e. The Labute approximate surface area is 50.2 Å². The van der Waals surface area contributed by atoms with Crippen molar-refractivity contribution in [3.05, 3.63) is 36.0 Å². The lowest BCUT2D eigenvalue weighted by atomic mass is 10.3. The number of rotatable bonds is 0. The van der Waals surface area contributed by atoms with E-state index in [0.717, 1.165) is 6.42 Å². The van der Waals surface area contributed by atoms with Gasteiger partial charge in [-0.15, -0.1) is 0 Å². The molecule has 0 atom stereocenters. The quantitative estimate of drug-likeness (QED) is 0.445. The fourth-order valence-corrected chi connectivity index (χ4v) is 0.686. The van der Waals surface area contributed by atoms with Gasteiger partial charge in [0.2, 0.25) is 0 Å². The number of hydrogen-bond acceptors (Lipinski definition) is 0. The summed E-state index contributed by atoms with van der Waals surface area (Å²) in [6.45, 7) is 2.10. The first-order valence-electron chi connectivity index (χ1n) is 2.89. The fourth-order valence-electron chi connectivity index (χ4n) is 0.686. The normalized spacial score (nSPS) is 17.9. The van der Waals surface area contributed by atoms with Crippen LogP contribution in [0.15, 0.2) is 36.0 Å². The van der Waals surface area contributed by atoms with Crippen LogP contribution in [0.4, 0.5) is 0 Å². The van der Waals surface area contributed by atoms with Crippen molar-refractivity contribution >= 4 is 0 Å². The van der Waals surface area contributed by atoms with Crippen LogP contribution in [0.3, 0.4) is 0 Å². The second-order valence-corrected chi connectivity index (χ2v) is 1.98. The van der Waals surface area contributed by atoms with E-state index in [4.69, 9.17) is 0 Å². The van der Waals surface area contributed by atoms with Crippen molar-refractivity contribution in [1.82, 2.24) is 0 Å². The van der Waals surface area contributed by atoms with Crippen LogP contribution in [-0.2, 0) is 0 Å². The minimum atomic E-state index is 1.08. The molecule has 0 spiro atoms. The summed E-state index contributed by atoms with van der Waals surface area (Å²) in [6.07, 6.45) is 11.7. The van der Waals surface area contributed by atoms with Gasteiger partial charge >= 0.3 is 0 Å². The predicted molar refractivity (Wildman–Crippen MR) is 36.7 cm³/mol. The lowest BCUT2D eigenvalue weighted by molar-refractivity contribution is 1.40. The molecule has 0 unspecified atom stereocenters. The van der Waals surface area contributed by atoms with Gasteiger partial charge < -0.3 is 0 Å². The van der Waals surface area contributed by atoms with E-state index in [1.54, 1.807) is 0 Å². The summed E-state index contributed by atoms with van der Waals surface area (Å²) in [5.41, 5.74) is 1.33. The molecular formula is C8H10. The SMILES string of the molecule is CC1=CC=CCC=C1. The molecule has 0 amide bonds. The van der Waals surface area contributed by atoms with Crippen molar-refractivity contribution in [3.63, 3.8) is 0 Å². The van der Waals surface area contributed by atoms with Gasteiger partial charge in [-0.3, -0.25) is 0 Å². The van der Waals surface area contributed by atoms with Crippen molar-refractivity contribution in [2.24, 2.45) is 0 Å². The largest absolute Gasteiger partial charge is 0.0807 e. The molecule has 0 N–H and O–H groups in total. The molecule has 0 heterocycles. The first-order chi connectivity index (χ1) is 3.89. The van der Waals surface area contributed by atoms with Gasteiger partial charge in [-0.1, -0.05) is 36.0 Å². The van der Waals surface area contributed by atoms with Gasteiger partial charge in [0.05, 0.1) is 0 Å². The summed E-state index contributed by atoms with van der Waals surface area (Å²) < 4.78 is 0. The molecule has 0 saturated heterocycles. The molecule has 0 aromatic carbocycles. The molecular weight excluding hydrogens is 96.1 g/mol.